The van der Waals surface area contributed by atoms with E-state index in [9.17, 15) is 13.2 Å². The summed E-state index contributed by atoms with van der Waals surface area (Å²) in [6.45, 7) is -1.17. The molecule has 1 heterocycles. The Balaban J connectivity index is 2.39. The number of alkyl halides is 2. The zero-order valence-corrected chi connectivity index (χ0v) is 9.82. The van der Waals surface area contributed by atoms with E-state index in [1.807, 2.05) is 0 Å². The fourth-order valence-electron chi connectivity index (χ4n) is 1.61. The second-order valence-corrected chi connectivity index (χ2v) is 3.85. The van der Waals surface area contributed by atoms with E-state index in [-0.39, 0.29) is 17.1 Å². The van der Waals surface area contributed by atoms with Crippen molar-refractivity contribution in [2.75, 3.05) is 0 Å². The van der Waals surface area contributed by atoms with Gasteiger partial charge in [-0.15, -0.1) is 0 Å². The first-order chi connectivity index (χ1) is 8.47. The summed E-state index contributed by atoms with van der Waals surface area (Å²) in [5.74, 6) is -0.559. The lowest BCUT2D eigenvalue weighted by Crippen LogP contribution is -2.05. The molecule has 0 saturated carbocycles. The summed E-state index contributed by atoms with van der Waals surface area (Å²) in [5, 5.41) is 3.94. The highest BCUT2D eigenvalue weighted by Crippen LogP contribution is 2.26. The number of aromatic nitrogens is 2. The van der Waals surface area contributed by atoms with E-state index in [0.717, 1.165) is 10.2 Å². The molecule has 0 bridgehead atoms. The minimum atomic E-state index is -2.93. The summed E-state index contributed by atoms with van der Waals surface area (Å²) < 4.78 is 43.3. The van der Waals surface area contributed by atoms with Gasteiger partial charge < -0.3 is 4.74 Å². The molecule has 6 heteroatoms. The molecule has 0 atom stereocenters. The van der Waals surface area contributed by atoms with Crippen molar-refractivity contribution in [2.45, 2.75) is 13.5 Å². The van der Waals surface area contributed by atoms with Crippen LogP contribution in [-0.4, -0.2) is 16.4 Å². The highest BCUT2D eigenvalue weighted by molar-refractivity contribution is 5.61. The molecule has 1 aromatic heterocycles. The predicted octanol–water partition coefficient (Wildman–Crippen LogP) is 3.14. The highest BCUT2D eigenvalue weighted by Gasteiger charge is 2.14. The predicted molar refractivity (Wildman–Crippen MR) is 60.0 cm³/mol. The van der Waals surface area contributed by atoms with Gasteiger partial charge in [0.05, 0.1) is 5.69 Å². The van der Waals surface area contributed by atoms with Gasteiger partial charge in [-0.25, -0.2) is 9.07 Å². The second-order valence-electron chi connectivity index (χ2n) is 3.85. The smallest absolute Gasteiger partial charge is 0.388 e. The topological polar surface area (TPSA) is 27.1 Å². The van der Waals surface area contributed by atoms with E-state index < -0.39 is 12.4 Å². The molecule has 96 valence electrons. The molecular weight excluding hydrogens is 245 g/mol. The van der Waals surface area contributed by atoms with E-state index in [1.165, 1.54) is 19.2 Å². The lowest BCUT2D eigenvalue weighted by molar-refractivity contribution is -0.0553. The van der Waals surface area contributed by atoms with Gasteiger partial charge in [0.25, 0.3) is 0 Å². The first-order valence-electron chi connectivity index (χ1n) is 5.23. The normalized spacial score (nSPS) is 11.0. The molecule has 0 aliphatic rings. The van der Waals surface area contributed by atoms with Crippen LogP contribution in [0.5, 0.6) is 5.88 Å². The fraction of sp³-hybridized carbons (Fsp3) is 0.250. The summed E-state index contributed by atoms with van der Waals surface area (Å²) in [5.41, 5.74) is 1.28. The van der Waals surface area contributed by atoms with Gasteiger partial charge in [0.15, 0.2) is 0 Å². The molecule has 0 aliphatic heterocycles. The van der Waals surface area contributed by atoms with Crippen LogP contribution < -0.4 is 4.74 Å². The van der Waals surface area contributed by atoms with E-state index >= 15 is 0 Å². The van der Waals surface area contributed by atoms with Crippen LogP contribution in [0.4, 0.5) is 13.2 Å². The number of nitrogens with zero attached hydrogens (tertiary/aromatic N) is 2. The fourth-order valence-corrected chi connectivity index (χ4v) is 1.61. The minimum Gasteiger partial charge on any atom is -0.417 e. The standard InChI is InChI=1S/C12H11F3N2O/c1-7-3-4-8(9(13)5-7)10-6-11(17(2)16-10)18-12(14)15/h3-6,12H,1-2H3. The molecular formula is C12H11F3N2O. The monoisotopic (exact) mass is 256 g/mol. The van der Waals surface area contributed by atoms with E-state index in [2.05, 4.69) is 9.84 Å². The zero-order valence-electron chi connectivity index (χ0n) is 9.82. The molecule has 3 nitrogen and oxygen atoms in total. The van der Waals surface area contributed by atoms with Crippen molar-refractivity contribution >= 4 is 0 Å². The van der Waals surface area contributed by atoms with Crippen molar-refractivity contribution in [3.8, 4) is 17.1 Å². The number of rotatable bonds is 3. The highest BCUT2D eigenvalue weighted by atomic mass is 19.3. The average Bonchev–Trinajstić information content (AvgIpc) is 2.59. The van der Waals surface area contributed by atoms with Crippen molar-refractivity contribution in [3.05, 3.63) is 35.6 Å². The minimum absolute atomic E-state index is 0.111. The third-order valence-electron chi connectivity index (χ3n) is 2.45. The van der Waals surface area contributed by atoms with Crippen molar-refractivity contribution < 1.29 is 17.9 Å². The molecule has 0 amide bonds. The van der Waals surface area contributed by atoms with Crippen molar-refractivity contribution in [1.82, 2.24) is 9.78 Å². The number of halogens is 3. The number of hydrogen-bond donors (Lipinski definition) is 0. The van der Waals surface area contributed by atoms with Gasteiger partial charge in [-0.05, 0) is 24.6 Å². The van der Waals surface area contributed by atoms with Crippen LogP contribution in [-0.2, 0) is 7.05 Å². The Hall–Kier alpha value is -1.98. The van der Waals surface area contributed by atoms with Gasteiger partial charge in [-0.1, -0.05) is 6.07 Å². The molecule has 0 fully saturated rings. The van der Waals surface area contributed by atoms with Crippen LogP contribution in [0.3, 0.4) is 0 Å². The zero-order chi connectivity index (χ0) is 13.3. The molecule has 0 aliphatic carbocycles. The van der Waals surface area contributed by atoms with Crippen molar-refractivity contribution in [2.24, 2.45) is 7.05 Å². The molecule has 0 radical (unpaired) electrons. The van der Waals surface area contributed by atoms with Gasteiger partial charge in [0.1, 0.15) is 5.82 Å². The molecule has 1 aromatic carbocycles. The van der Waals surface area contributed by atoms with Crippen LogP contribution >= 0.6 is 0 Å². The maximum absolute atomic E-state index is 13.7. The Kier molecular flexibility index (Phi) is 3.27. The van der Waals surface area contributed by atoms with Crippen LogP contribution in [0.1, 0.15) is 5.56 Å². The maximum Gasteiger partial charge on any atom is 0.388 e. The van der Waals surface area contributed by atoms with Gasteiger partial charge in [-0.2, -0.15) is 13.9 Å². The summed E-state index contributed by atoms with van der Waals surface area (Å²) in [6.07, 6.45) is 0. The van der Waals surface area contributed by atoms with E-state index in [0.29, 0.717) is 0 Å². The van der Waals surface area contributed by atoms with Crippen LogP contribution in [0, 0.1) is 12.7 Å². The Bertz CT molecular complexity index is 566. The van der Waals surface area contributed by atoms with Crippen LogP contribution in [0.15, 0.2) is 24.3 Å². The summed E-state index contributed by atoms with van der Waals surface area (Å²) >= 11 is 0. The molecule has 18 heavy (non-hydrogen) atoms. The first-order valence-corrected chi connectivity index (χ1v) is 5.23. The molecule has 0 spiro atoms. The van der Waals surface area contributed by atoms with Crippen LogP contribution in [0.2, 0.25) is 0 Å². The number of hydrogen-bond acceptors (Lipinski definition) is 2. The van der Waals surface area contributed by atoms with Crippen molar-refractivity contribution in [1.29, 1.82) is 0 Å². The summed E-state index contributed by atoms with van der Waals surface area (Å²) in [7, 11) is 1.45. The Morgan fingerprint density at radius 3 is 2.61 bits per heavy atom. The lowest BCUT2D eigenvalue weighted by atomic mass is 10.1. The second kappa shape index (κ2) is 4.72. The Labute approximate surface area is 102 Å². The van der Waals surface area contributed by atoms with Gasteiger partial charge in [0, 0.05) is 18.7 Å². The van der Waals surface area contributed by atoms with Crippen LogP contribution in [0.25, 0.3) is 11.3 Å². The number of benzene rings is 1. The van der Waals surface area contributed by atoms with Gasteiger partial charge in [0.2, 0.25) is 5.88 Å². The number of aryl methyl sites for hydroxylation is 2. The van der Waals surface area contributed by atoms with Gasteiger partial charge in [-0.3, -0.25) is 0 Å². The van der Waals surface area contributed by atoms with E-state index in [4.69, 9.17) is 0 Å². The largest absolute Gasteiger partial charge is 0.417 e. The lowest BCUT2D eigenvalue weighted by Gasteiger charge is -2.01. The van der Waals surface area contributed by atoms with Gasteiger partial charge >= 0.3 is 6.61 Å². The maximum atomic E-state index is 13.7. The molecule has 2 rings (SSSR count). The molecule has 0 N–H and O–H groups in total. The number of ether oxygens (including phenoxy) is 1. The molecule has 2 aromatic rings. The summed E-state index contributed by atoms with van der Waals surface area (Å²) in [4.78, 5) is 0. The average molecular weight is 256 g/mol. The van der Waals surface area contributed by atoms with Crippen molar-refractivity contribution in [3.63, 3.8) is 0 Å². The SMILES string of the molecule is Cc1ccc(-c2cc(OC(F)F)n(C)n2)c(F)c1. The Morgan fingerprint density at radius 2 is 2.00 bits per heavy atom. The molecule has 0 saturated heterocycles. The Morgan fingerprint density at radius 1 is 1.28 bits per heavy atom. The molecule has 0 unspecified atom stereocenters. The summed E-state index contributed by atoms with van der Waals surface area (Å²) in [6, 6.07) is 5.91. The third-order valence-corrected chi connectivity index (χ3v) is 2.45. The van der Waals surface area contributed by atoms with E-state index in [1.54, 1.807) is 19.1 Å². The third kappa shape index (κ3) is 2.47. The quantitative estimate of drug-likeness (QED) is 0.843. The first kappa shape index (κ1) is 12.5.